The normalized spacial score (nSPS) is 10.5. The lowest BCUT2D eigenvalue weighted by molar-refractivity contribution is -0.131. The molecule has 1 N–H and O–H groups in total. The number of benzene rings is 1. The maximum atomic E-state index is 12.5. The standard InChI is InChI=1S/C19H16N2O3/c1-3-7-15-17(13-8-4-5-10-16(13)24-12(2)22)14-9-6-11-20-18(14)21-19(15)23/h3-6,8-11H,1,7H2,2H3,(H,20,21,23). The zero-order valence-corrected chi connectivity index (χ0v) is 13.2. The van der Waals surface area contributed by atoms with Crippen LogP contribution in [0.5, 0.6) is 5.75 Å². The first-order chi connectivity index (χ1) is 11.6. The zero-order valence-electron chi connectivity index (χ0n) is 13.2. The maximum absolute atomic E-state index is 12.5. The molecule has 3 rings (SSSR count). The molecule has 0 aliphatic heterocycles. The van der Waals surface area contributed by atoms with Crippen LogP contribution in [0.25, 0.3) is 22.2 Å². The van der Waals surface area contributed by atoms with E-state index in [0.29, 0.717) is 34.5 Å². The number of esters is 1. The van der Waals surface area contributed by atoms with Crippen LogP contribution < -0.4 is 10.3 Å². The van der Waals surface area contributed by atoms with E-state index in [1.54, 1.807) is 30.5 Å². The molecule has 1 aromatic carbocycles. The molecule has 5 nitrogen and oxygen atoms in total. The quantitative estimate of drug-likeness (QED) is 0.455. The second kappa shape index (κ2) is 6.50. The summed E-state index contributed by atoms with van der Waals surface area (Å²) in [6, 6.07) is 10.8. The third-order valence-electron chi connectivity index (χ3n) is 3.64. The summed E-state index contributed by atoms with van der Waals surface area (Å²) < 4.78 is 5.32. The Labute approximate surface area is 138 Å². The molecule has 0 saturated carbocycles. The van der Waals surface area contributed by atoms with Crippen LogP contribution in [0.2, 0.25) is 0 Å². The Morgan fingerprint density at radius 1 is 1.29 bits per heavy atom. The first-order valence-corrected chi connectivity index (χ1v) is 7.50. The van der Waals surface area contributed by atoms with Crippen LogP contribution in [-0.2, 0) is 11.2 Å². The molecule has 2 aromatic heterocycles. The molecule has 0 radical (unpaired) electrons. The van der Waals surface area contributed by atoms with Crippen LogP contribution in [0.15, 0.2) is 60.0 Å². The minimum absolute atomic E-state index is 0.228. The van der Waals surface area contributed by atoms with Gasteiger partial charge in [-0.1, -0.05) is 24.3 Å². The van der Waals surface area contributed by atoms with Crippen LogP contribution in [0, 0.1) is 0 Å². The van der Waals surface area contributed by atoms with Crippen molar-refractivity contribution in [2.75, 3.05) is 0 Å². The molecule has 0 unspecified atom stereocenters. The highest BCUT2D eigenvalue weighted by Gasteiger charge is 2.18. The number of ether oxygens (including phenoxy) is 1. The number of nitrogens with zero attached hydrogens (tertiary/aromatic N) is 1. The monoisotopic (exact) mass is 320 g/mol. The lowest BCUT2D eigenvalue weighted by Gasteiger charge is -2.14. The summed E-state index contributed by atoms with van der Waals surface area (Å²) in [5, 5.41) is 0.786. The van der Waals surface area contributed by atoms with Crippen LogP contribution >= 0.6 is 0 Å². The number of carbonyl (C=O) groups is 1. The number of para-hydroxylation sites is 1. The van der Waals surface area contributed by atoms with Gasteiger partial charge in [0, 0.05) is 35.2 Å². The molecular weight excluding hydrogens is 304 g/mol. The number of pyridine rings is 2. The Bertz CT molecular complexity index is 989. The van der Waals surface area contributed by atoms with E-state index >= 15 is 0 Å². The maximum Gasteiger partial charge on any atom is 0.308 e. The summed E-state index contributed by atoms with van der Waals surface area (Å²) in [4.78, 5) is 30.9. The predicted molar refractivity (Wildman–Crippen MR) is 93.0 cm³/mol. The number of allylic oxidation sites excluding steroid dienone is 1. The molecule has 0 amide bonds. The molecule has 5 heteroatoms. The molecule has 0 aliphatic carbocycles. The minimum atomic E-state index is -0.417. The number of rotatable bonds is 4. The van der Waals surface area contributed by atoms with Crippen molar-refractivity contribution in [3.8, 4) is 16.9 Å². The molecule has 3 aromatic rings. The minimum Gasteiger partial charge on any atom is -0.426 e. The Morgan fingerprint density at radius 2 is 2.08 bits per heavy atom. The van der Waals surface area contributed by atoms with Gasteiger partial charge < -0.3 is 9.72 Å². The van der Waals surface area contributed by atoms with Crippen LogP contribution in [0.3, 0.4) is 0 Å². The Kier molecular flexibility index (Phi) is 4.24. The van der Waals surface area contributed by atoms with Crippen LogP contribution in [0.4, 0.5) is 0 Å². The average Bonchev–Trinajstić information content (AvgIpc) is 2.56. The first-order valence-electron chi connectivity index (χ1n) is 7.50. The highest BCUT2D eigenvalue weighted by Crippen LogP contribution is 2.35. The van der Waals surface area contributed by atoms with E-state index in [2.05, 4.69) is 16.5 Å². The highest BCUT2D eigenvalue weighted by molar-refractivity contribution is 5.96. The molecule has 120 valence electrons. The number of hydrogen-bond acceptors (Lipinski definition) is 4. The van der Waals surface area contributed by atoms with Crippen molar-refractivity contribution in [3.63, 3.8) is 0 Å². The molecule has 0 saturated heterocycles. The topological polar surface area (TPSA) is 72.0 Å². The Morgan fingerprint density at radius 3 is 2.83 bits per heavy atom. The van der Waals surface area contributed by atoms with Gasteiger partial charge in [0.05, 0.1) is 0 Å². The number of aromatic nitrogens is 2. The van der Waals surface area contributed by atoms with Gasteiger partial charge in [-0.05, 0) is 24.6 Å². The third kappa shape index (κ3) is 2.84. The van der Waals surface area contributed by atoms with Gasteiger partial charge in [0.1, 0.15) is 11.4 Å². The van der Waals surface area contributed by atoms with E-state index in [1.165, 1.54) is 6.92 Å². The van der Waals surface area contributed by atoms with Crippen LogP contribution in [-0.4, -0.2) is 15.9 Å². The van der Waals surface area contributed by atoms with Crippen molar-refractivity contribution in [2.24, 2.45) is 0 Å². The molecule has 24 heavy (non-hydrogen) atoms. The van der Waals surface area contributed by atoms with Crippen molar-refractivity contribution in [2.45, 2.75) is 13.3 Å². The third-order valence-corrected chi connectivity index (χ3v) is 3.64. The van der Waals surface area contributed by atoms with Crippen molar-refractivity contribution >= 4 is 17.0 Å². The number of carbonyl (C=O) groups excluding carboxylic acids is 1. The molecular formula is C19H16N2O3. The van der Waals surface area contributed by atoms with E-state index in [9.17, 15) is 9.59 Å². The lowest BCUT2D eigenvalue weighted by Crippen LogP contribution is -2.15. The van der Waals surface area contributed by atoms with Gasteiger partial charge in [-0.15, -0.1) is 6.58 Å². The fourth-order valence-electron chi connectivity index (χ4n) is 2.73. The van der Waals surface area contributed by atoms with E-state index in [0.717, 1.165) is 5.39 Å². The van der Waals surface area contributed by atoms with Crippen molar-refractivity contribution < 1.29 is 9.53 Å². The summed E-state index contributed by atoms with van der Waals surface area (Å²) in [5.41, 5.74) is 2.20. The van der Waals surface area contributed by atoms with E-state index < -0.39 is 5.97 Å². The molecule has 0 bridgehead atoms. The van der Waals surface area contributed by atoms with Gasteiger partial charge >= 0.3 is 5.97 Å². The van der Waals surface area contributed by atoms with Gasteiger partial charge in [-0.25, -0.2) is 4.98 Å². The smallest absolute Gasteiger partial charge is 0.308 e. The Balaban J connectivity index is 2.40. The lowest BCUT2D eigenvalue weighted by atomic mass is 9.95. The van der Waals surface area contributed by atoms with Gasteiger partial charge in [-0.3, -0.25) is 9.59 Å². The van der Waals surface area contributed by atoms with Gasteiger partial charge in [0.15, 0.2) is 0 Å². The van der Waals surface area contributed by atoms with Gasteiger partial charge in [0.2, 0.25) is 0 Å². The molecule has 2 heterocycles. The largest absolute Gasteiger partial charge is 0.426 e. The van der Waals surface area contributed by atoms with Crippen molar-refractivity contribution in [3.05, 3.63) is 71.2 Å². The summed E-state index contributed by atoms with van der Waals surface area (Å²) in [5.74, 6) is -0.00828. The highest BCUT2D eigenvalue weighted by atomic mass is 16.5. The average molecular weight is 320 g/mol. The number of fused-ring (bicyclic) bond motifs is 1. The summed E-state index contributed by atoms with van der Waals surface area (Å²) >= 11 is 0. The number of H-pyrrole nitrogens is 1. The van der Waals surface area contributed by atoms with E-state index in [-0.39, 0.29) is 5.56 Å². The number of nitrogens with one attached hydrogen (secondary N) is 1. The van der Waals surface area contributed by atoms with Gasteiger partial charge in [0.25, 0.3) is 5.56 Å². The fraction of sp³-hybridized carbons (Fsp3) is 0.105. The molecule has 0 aliphatic rings. The van der Waals surface area contributed by atoms with Crippen molar-refractivity contribution in [1.82, 2.24) is 9.97 Å². The fourth-order valence-corrected chi connectivity index (χ4v) is 2.73. The second-order valence-corrected chi connectivity index (χ2v) is 5.29. The summed E-state index contributed by atoms with van der Waals surface area (Å²) in [7, 11) is 0. The van der Waals surface area contributed by atoms with Crippen LogP contribution in [0.1, 0.15) is 12.5 Å². The van der Waals surface area contributed by atoms with Gasteiger partial charge in [-0.2, -0.15) is 0 Å². The summed E-state index contributed by atoms with van der Waals surface area (Å²) in [6.07, 6.45) is 3.68. The predicted octanol–water partition coefficient (Wildman–Crippen LogP) is 3.24. The Hall–Kier alpha value is -3.21. The molecule has 0 atom stereocenters. The summed E-state index contributed by atoms with van der Waals surface area (Å²) in [6.45, 7) is 5.08. The number of hydrogen-bond donors (Lipinski definition) is 1. The zero-order chi connectivity index (χ0) is 17.1. The first kappa shape index (κ1) is 15.7. The SMILES string of the molecule is C=CCc1c(-c2ccccc2OC(C)=O)c2cccnc2[nH]c1=O. The van der Waals surface area contributed by atoms with E-state index in [4.69, 9.17) is 4.74 Å². The number of aromatic amines is 1. The second-order valence-electron chi connectivity index (χ2n) is 5.29. The molecule has 0 spiro atoms. The molecule has 0 fully saturated rings. The van der Waals surface area contributed by atoms with Crippen molar-refractivity contribution in [1.29, 1.82) is 0 Å². The van der Waals surface area contributed by atoms with E-state index in [1.807, 2.05) is 18.2 Å².